The van der Waals surface area contributed by atoms with E-state index in [0.29, 0.717) is 24.4 Å². The second-order valence-corrected chi connectivity index (χ2v) is 11.9. The zero-order chi connectivity index (χ0) is 29.2. The number of aliphatic imine (C=N–C) groups is 1. The highest BCUT2D eigenvalue weighted by Gasteiger charge is 2.43. The van der Waals surface area contributed by atoms with Crippen molar-refractivity contribution in [2.75, 3.05) is 11.0 Å². The zero-order valence-electron chi connectivity index (χ0n) is 25.1. The Morgan fingerprint density at radius 2 is 1.40 bits per heavy atom. The van der Waals surface area contributed by atoms with E-state index in [9.17, 15) is 9.59 Å². The largest absolute Gasteiger partial charge is 1.00 e. The Bertz CT molecular complexity index is 1220. The van der Waals surface area contributed by atoms with Crippen LogP contribution in [0.5, 0.6) is 11.5 Å². The molecule has 0 radical (unpaired) electrons. The number of nitrogens with zero attached hydrogens (tertiary/aromatic N) is 2. The molecule has 0 aliphatic carbocycles. The number of ether oxygens (including phenoxy) is 2. The maximum Gasteiger partial charge on any atom is 0.298 e. The molecule has 0 unspecified atom stereocenters. The van der Waals surface area contributed by atoms with Crippen LogP contribution >= 0.6 is 22.6 Å². The Morgan fingerprint density at radius 3 is 1.90 bits per heavy atom. The van der Waals surface area contributed by atoms with Gasteiger partial charge in [-0.3, -0.25) is 14.6 Å². The molecule has 0 amide bonds. The first-order valence-electron chi connectivity index (χ1n) is 13.7. The van der Waals surface area contributed by atoms with Crippen LogP contribution in [-0.2, 0) is 20.4 Å². The van der Waals surface area contributed by atoms with Crippen molar-refractivity contribution in [1.29, 1.82) is 0 Å². The van der Waals surface area contributed by atoms with Gasteiger partial charge in [0.05, 0.1) is 11.1 Å². The monoisotopic (exact) mass is 774 g/mol. The molecule has 2 aromatic rings. The van der Waals surface area contributed by atoms with Gasteiger partial charge in [-0.1, -0.05) is 63.1 Å². The molecular weight excluding hydrogens is 730 g/mol. The summed E-state index contributed by atoms with van der Waals surface area (Å²) < 4.78 is 13.5. The van der Waals surface area contributed by atoms with Gasteiger partial charge in [-0.15, -0.1) is 0 Å². The summed E-state index contributed by atoms with van der Waals surface area (Å²) in [7, 11) is 0. The first-order valence-corrected chi connectivity index (χ1v) is 15.2. The standard InChI is InChI=1S/C16H22NO2.C12H13NO2.C4H9I.HI/c1-5-6-9-17-12(2)16(3,4)14-10-13(19-11-18)7-8-15(14)17;1-8-12(2,3)10-6-9(15-7-14)4-5-11(10)13-8;1-2-3-4-5;/h7-8,10-11H,5-6,9H2,1-4H3;4-7H,1-3H3;2-4H2,1H3;1H/q+1;;;/p-1. The summed E-state index contributed by atoms with van der Waals surface area (Å²) in [4.78, 5) is 25.2. The smallest absolute Gasteiger partial charge is 0.298 e. The minimum atomic E-state index is -0.0718. The molecule has 0 atom stereocenters. The minimum Gasteiger partial charge on any atom is -1.00 e. The van der Waals surface area contributed by atoms with E-state index in [2.05, 4.69) is 86.7 Å². The number of fused-ring (bicyclic) bond motifs is 2. The molecule has 2 aromatic carbocycles. The molecule has 6 nitrogen and oxygen atoms in total. The molecule has 0 bridgehead atoms. The second kappa shape index (κ2) is 16.6. The summed E-state index contributed by atoms with van der Waals surface area (Å²) in [5, 5.41) is 0. The molecule has 4 rings (SSSR count). The molecule has 2 aliphatic heterocycles. The van der Waals surface area contributed by atoms with Crippen molar-refractivity contribution < 1.29 is 47.6 Å². The van der Waals surface area contributed by atoms with Crippen molar-refractivity contribution in [3.8, 4) is 11.5 Å². The lowest BCUT2D eigenvalue weighted by Gasteiger charge is -2.19. The van der Waals surface area contributed by atoms with Crippen molar-refractivity contribution in [3.05, 3.63) is 47.5 Å². The SMILES string of the molecule is CC1=Nc2ccc(OC=O)cc2C1(C)C.CCCCI.CCCC[N+]1=C(C)C(C)(C)c2cc(OC=O)ccc21.[I-]. The van der Waals surface area contributed by atoms with Gasteiger partial charge in [0.15, 0.2) is 5.71 Å². The van der Waals surface area contributed by atoms with Gasteiger partial charge >= 0.3 is 0 Å². The third-order valence-electron chi connectivity index (χ3n) is 7.67. The van der Waals surface area contributed by atoms with E-state index < -0.39 is 0 Å². The number of hydrogen-bond donors (Lipinski definition) is 0. The van der Waals surface area contributed by atoms with Gasteiger partial charge < -0.3 is 33.5 Å². The Labute approximate surface area is 271 Å². The van der Waals surface area contributed by atoms with E-state index in [1.54, 1.807) is 6.07 Å². The number of halogens is 2. The third-order valence-corrected chi connectivity index (χ3v) is 8.43. The summed E-state index contributed by atoms with van der Waals surface area (Å²) in [6.45, 7) is 19.3. The van der Waals surface area contributed by atoms with Crippen LogP contribution in [0.15, 0.2) is 41.4 Å². The first-order chi connectivity index (χ1) is 18.5. The van der Waals surface area contributed by atoms with Crippen molar-refractivity contribution in [2.24, 2.45) is 4.99 Å². The lowest BCUT2D eigenvalue weighted by molar-refractivity contribution is -0.439. The maximum atomic E-state index is 10.5. The van der Waals surface area contributed by atoms with Crippen LogP contribution in [0.4, 0.5) is 11.4 Å². The van der Waals surface area contributed by atoms with E-state index in [1.807, 2.05) is 31.2 Å². The Hall–Kier alpha value is -1.82. The highest BCUT2D eigenvalue weighted by molar-refractivity contribution is 14.1. The van der Waals surface area contributed by atoms with E-state index in [1.165, 1.54) is 47.1 Å². The fourth-order valence-corrected chi connectivity index (χ4v) is 5.35. The highest BCUT2D eigenvalue weighted by Crippen LogP contribution is 2.42. The first kappa shape index (κ1) is 36.2. The molecule has 2 heterocycles. The maximum absolute atomic E-state index is 10.5. The van der Waals surface area contributed by atoms with Gasteiger partial charge in [0, 0.05) is 36.1 Å². The zero-order valence-corrected chi connectivity index (χ0v) is 29.5. The van der Waals surface area contributed by atoms with E-state index >= 15 is 0 Å². The summed E-state index contributed by atoms with van der Waals surface area (Å²) in [5.74, 6) is 1.19. The summed E-state index contributed by atoms with van der Waals surface area (Å²) in [6, 6.07) is 11.4. The third kappa shape index (κ3) is 8.59. The fraction of sp³-hybridized carbons (Fsp3) is 0.500. The molecule has 8 heteroatoms. The van der Waals surface area contributed by atoms with Gasteiger partial charge in [-0.2, -0.15) is 4.58 Å². The molecule has 2 aliphatic rings. The molecular formula is C32H44I2N2O4. The molecule has 40 heavy (non-hydrogen) atoms. The van der Waals surface area contributed by atoms with Crippen molar-refractivity contribution >= 4 is 58.3 Å². The van der Waals surface area contributed by atoms with Gasteiger partial charge in [-0.05, 0) is 67.5 Å². The number of alkyl halides is 1. The van der Waals surface area contributed by atoms with Crippen molar-refractivity contribution in [1.82, 2.24) is 0 Å². The van der Waals surface area contributed by atoms with E-state index in [4.69, 9.17) is 9.47 Å². The fourth-order valence-electron chi connectivity index (χ4n) is 4.59. The summed E-state index contributed by atoms with van der Waals surface area (Å²) >= 11 is 2.39. The number of hydrogen-bond acceptors (Lipinski definition) is 5. The van der Waals surface area contributed by atoms with Crippen LogP contribution in [0.25, 0.3) is 0 Å². The number of unbranched alkanes of at least 4 members (excludes halogenated alkanes) is 2. The van der Waals surface area contributed by atoms with Gasteiger partial charge in [0.1, 0.15) is 18.0 Å². The van der Waals surface area contributed by atoms with Crippen molar-refractivity contribution in [3.63, 3.8) is 0 Å². The molecule has 0 N–H and O–H groups in total. The average Bonchev–Trinajstić information content (AvgIpc) is 3.24. The number of carbonyl (C=O) groups is 2. The Kier molecular flexibility index (Phi) is 15.0. The second-order valence-electron chi connectivity index (χ2n) is 10.9. The van der Waals surface area contributed by atoms with Gasteiger partial charge in [-0.25, -0.2) is 0 Å². The lowest BCUT2D eigenvalue weighted by Crippen LogP contribution is -3.00. The minimum absolute atomic E-state index is 0. The van der Waals surface area contributed by atoms with Crippen LogP contribution in [0.2, 0.25) is 0 Å². The van der Waals surface area contributed by atoms with Gasteiger partial charge in [0.2, 0.25) is 5.69 Å². The van der Waals surface area contributed by atoms with E-state index in [-0.39, 0.29) is 34.8 Å². The number of rotatable bonds is 9. The lowest BCUT2D eigenvalue weighted by atomic mass is 9.82. The van der Waals surface area contributed by atoms with Crippen molar-refractivity contribution in [2.45, 2.75) is 91.9 Å². The summed E-state index contributed by atoms with van der Waals surface area (Å²) in [5.41, 5.74) is 6.92. The highest BCUT2D eigenvalue weighted by atomic mass is 127. The topological polar surface area (TPSA) is 68.0 Å². The molecule has 0 aromatic heterocycles. The molecule has 0 fully saturated rings. The van der Waals surface area contributed by atoms with Crippen LogP contribution in [0.3, 0.4) is 0 Å². The Balaban J connectivity index is 0.000000341. The number of carbonyl (C=O) groups excluding carboxylic acids is 2. The van der Waals surface area contributed by atoms with E-state index in [0.717, 1.165) is 23.5 Å². The average molecular weight is 775 g/mol. The Morgan fingerprint density at radius 1 is 0.850 bits per heavy atom. The molecule has 0 spiro atoms. The quantitative estimate of drug-likeness (QED) is 0.151. The number of benzene rings is 2. The predicted molar refractivity (Wildman–Crippen MR) is 169 cm³/mol. The van der Waals surface area contributed by atoms with Crippen LogP contribution in [0.1, 0.15) is 92.2 Å². The van der Waals surface area contributed by atoms with Crippen LogP contribution < -0.4 is 33.5 Å². The normalized spacial score (nSPS) is 15.2. The summed E-state index contributed by atoms with van der Waals surface area (Å²) in [6.07, 6.45) is 5.08. The van der Waals surface area contributed by atoms with Gasteiger partial charge in [0.25, 0.3) is 12.9 Å². The van der Waals surface area contributed by atoms with Crippen LogP contribution in [0, 0.1) is 0 Å². The predicted octanol–water partition coefficient (Wildman–Crippen LogP) is 5.25. The molecule has 220 valence electrons. The molecule has 0 saturated carbocycles. The molecule has 0 saturated heterocycles. The van der Waals surface area contributed by atoms with Crippen LogP contribution in [-0.4, -0.2) is 39.9 Å².